The fourth-order valence-corrected chi connectivity index (χ4v) is 3.72. The zero-order valence-corrected chi connectivity index (χ0v) is 15.7. The molecular formula is C16H16ClN5OS2. The van der Waals surface area contributed by atoms with Gasteiger partial charge in [-0.25, -0.2) is 4.68 Å². The van der Waals surface area contributed by atoms with Crippen LogP contribution in [0.5, 0.6) is 0 Å². The normalized spacial score (nSPS) is 12.1. The van der Waals surface area contributed by atoms with Crippen molar-refractivity contribution in [1.29, 1.82) is 0 Å². The summed E-state index contributed by atoms with van der Waals surface area (Å²) < 4.78 is 1.38. The van der Waals surface area contributed by atoms with Gasteiger partial charge in [-0.05, 0) is 42.6 Å². The van der Waals surface area contributed by atoms with Crippen LogP contribution in [0, 0.1) is 0 Å². The zero-order chi connectivity index (χ0) is 17.8. The average Bonchev–Trinajstić information content (AvgIpc) is 3.24. The van der Waals surface area contributed by atoms with Crippen LogP contribution in [0.4, 0.5) is 0 Å². The Bertz CT molecular complexity index is 848. The topological polar surface area (TPSA) is 85.8 Å². The molecule has 3 rings (SSSR count). The first-order valence-corrected chi connectivity index (χ1v) is 9.71. The summed E-state index contributed by atoms with van der Waals surface area (Å²) in [4.78, 5) is 13.2. The standard InChI is InChI=1S/C16H16ClN5OS2/c1-10(13-3-2-8-24-13)19-14(23)9-25-16-21-20-15(22(16)18)11-4-6-12(17)7-5-11/h2-8,10H,9,18H2,1H3,(H,19,23). The minimum atomic E-state index is -0.0815. The maximum Gasteiger partial charge on any atom is 0.230 e. The number of benzene rings is 1. The summed E-state index contributed by atoms with van der Waals surface area (Å²) in [6.07, 6.45) is 0. The second-order valence-electron chi connectivity index (χ2n) is 5.28. The number of aromatic nitrogens is 3. The SMILES string of the molecule is CC(NC(=O)CSc1nnc(-c2ccc(Cl)cc2)n1N)c1cccs1. The van der Waals surface area contributed by atoms with Crippen LogP contribution in [-0.2, 0) is 4.79 Å². The van der Waals surface area contributed by atoms with Crippen LogP contribution in [0.3, 0.4) is 0 Å². The molecule has 0 bridgehead atoms. The molecule has 1 unspecified atom stereocenters. The van der Waals surface area contributed by atoms with Crippen molar-refractivity contribution in [3.05, 3.63) is 51.7 Å². The Morgan fingerprint density at radius 1 is 1.36 bits per heavy atom. The molecule has 3 aromatic rings. The predicted octanol–water partition coefficient (Wildman–Crippen LogP) is 3.34. The van der Waals surface area contributed by atoms with Crippen LogP contribution >= 0.6 is 34.7 Å². The van der Waals surface area contributed by atoms with E-state index in [1.54, 1.807) is 23.5 Å². The third kappa shape index (κ3) is 4.33. The highest BCUT2D eigenvalue weighted by atomic mass is 35.5. The Kier molecular flexibility index (Phi) is 5.62. The average molecular weight is 394 g/mol. The minimum Gasteiger partial charge on any atom is -0.348 e. The van der Waals surface area contributed by atoms with E-state index in [9.17, 15) is 4.79 Å². The van der Waals surface area contributed by atoms with Gasteiger partial charge in [-0.1, -0.05) is 29.4 Å². The van der Waals surface area contributed by atoms with Crippen molar-refractivity contribution in [3.63, 3.8) is 0 Å². The molecule has 25 heavy (non-hydrogen) atoms. The maximum absolute atomic E-state index is 12.1. The van der Waals surface area contributed by atoms with Gasteiger partial charge in [0, 0.05) is 15.5 Å². The molecule has 3 N–H and O–H groups in total. The van der Waals surface area contributed by atoms with Gasteiger partial charge in [0.25, 0.3) is 0 Å². The maximum atomic E-state index is 12.1. The smallest absolute Gasteiger partial charge is 0.230 e. The van der Waals surface area contributed by atoms with Gasteiger partial charge in [-0.3, -0.25) is 4.79 Å². The summed E-state index contributed by atoms with van der Waals surface area (Å²) >= 11 is 8.74. The van der Waals surface area contributed by atoms with Gasteiger partial charge in [0.1, 0.15) is 0 Å². The first-order valence-electron chi connectivity index (χ1n) is 7.46. The molecule has 2 heterocycles. The number of carbonyl (C=O) groups is 1. The van der Waals surface area contributed by atoms with E-state index >= 15 is 0 Å². The Balaban J connectivity index is 1.60. The van der Waals surface area contributed by atoms with E-state index in [0.717, 1.165) is 10.4 Å². The molecule has 0 aliphatic heterocycles. The lowest BCUT2D eigenvalue weighted by molar-refractivity contribution is -0.119. The first-order chi connectivity index (χ1) is 12.0. The summed E-state index contributed by atoms with van der Waals surface area (Å²) in [6, 6.07) is 11.1. The second kappa shape index (κ2) is 7.90. The van der Waals surface area contributed by atoms with Crippen LogP contribution in [0.15, 0.2) is 46.9 Å². The molecule has 0 aliphatic rings. The van der Waals surface area contributed by atoms with Gasteiger partial charge < -0.3 is 11.2 Å². The van der Waals surface area contributed by atoms with Crippen LogP contribution in [0.2, 0.25) is 5.02 Å². The third-order valence-electron chi connectivity index (χ3n) is 3.45. The lowest BCUT2D eigenvalue weighted by Gasteiger charge is -2.11. The second-order valence-corrected chi connectivity index (χ2v) is 7.63. The molecule has 1 atom stereocenters. The highest BCUT2D eigenvalue weighted by Gasteiger charge is 2.15. The number of carbonyl (C=O) groups excluding carboxylic acids is 1. The van der Waals surface area contributed by atoms with Gasteiger partial charge >= 0.3 is 0 Å². The summed E-state index contributed by atoms with van der Waals surface area (Å²) in [5.41, 5.74) is 0.807. The Hall–Kier alpha value is -2.03. The number of hydrogen-bond acceptors (Lipinski definition) is 6. The van der Waals surface area contributed by atoms with Crippen LogP contribution in [-0.4, -0.2) is 26.5 Å². The van der Waals surface area contributed by atoms with Gasteiger partial charge in [0.2, 0.25) is 11.1 Å². The number of rotatable bonds is 6. The molecule has 130 valence electrons. The summed E-state index contributed by atoms with van der Waals surface area (Å²) in [7, 11) is 0. The number of nitrogens with zero attached hydrogens (tertiary/aromatic N) is 3. The van der Waals surface area contributed by atoms with Crippen molar-refractivity contribution in [2.24, 2.45) is 0 Å². The molecule has 1 amide bonds. The van der Waals surface area contributed by atoms with Crippen molar-refractivity contribution >= 4 is 40.6 Å². The molecule has 2 aromatic heterocycles. The van der Waals surface area contributed by atoms with Crippen molar-refractivity contribution in [2.75, 3.05) is 11.6 Å². The van der Waals surface area contributed by atoms with Crippen molar-refractivity contribution in [1.82, 2.24) is 20.2 Å². The molecule has 0 saturated heterocycles. The van der Waals surface area contributed by atoms with E-state index in [2.05, 4.69) is 15.5 Å². The molecule has 0 spiro atoms. The minimum absolute atomic E-state index is 0.0199. The summed E-state index contributed by atoms with van der Waals surface area (Å²) in [5.74, 6) is 6.70. The Morgan fingerprint density at radius 2 is 2.12 bits per heavy atom. The predicted molar refractivity (Wildman–Crippen MR) is 102 cm³/mol. The van der Waals surface area contributed by atoms with Gasteiger partial charge in [0.15, 0.2) is 5.82 Å². The number of thioether (sulfide) groups is 1. The van der Waals surface area contributed by atoms with Gasteiger partial charge in [-0.15, -0.1) is 21.5 Å². The number of amides is 1. The third-order valence-corrected chi connectivity index (χ3v) is 5.70. The molecule has 9 heteroatoms. The molecular weight excluding hydrogens is 378 g/mol. The summed E-state index contributed by atoms with van der Waals surface area (Å²) in [6.45, 7) is 1.96. The fourth-order valence-electron chi connectivity index (χ4n) is 2.19. The Labute approximate surface area is 158 Å². The molecule has 1 aromatic carbocycles. The van der Waals surface area contributed by atoms with E-state index in [1.807, 2.05) is 36.6 Å². The van der Waals surface area contributed by atoms with Gasteiger partial charge in [-0.2, -0.15) is 0 Å². The van der Waals surface area contributed by atoms with Crippen LogP contribution in [0.1, 0.15) is 17.8 Å². The number of nitrogens with two attached hydrogens (primary N) is 1. The monoisotopic (exact) mass is 393 g/mol. The highest BCUT2D eigenvalue weighted by molar-refractivity contribution is 7.99. The molecule has 6 nitrogen and oxygen atoms in total. The van der Waals surface area contributed by atoms with E-state index in [1.165, 1.54) is 16.4 Å². The van der Waals surface area contributed by atoms with Crippen molar-refractivity contribution in [3.8, 4) is 11.4 Å². The van der Waals surface area contributed by atoms with E-state index in [-0.39, 0.29) is 17.7 Å². The fraction of sp³-hybridized carbons (Fsp3) is 0.188. The first kappa shape index (κ1) is 17.8. The van der Waals surface area contributed by atoms with Crippen molar-refractivity contribution < 1.29 is 4.79 Å². The highest BCUT2D eigenvalue weighted by Crippen LogP contribution is 2.23. The van der Waals surface area contributed by atoms with E-state index in [0.29, 0.717) is 16.0 Å². The van der Waals surface area contributed by atoms with Crippen molar-refractivity contribution in [2.45, 2.75) is 18.1 Å². The molecule has 0 aliphatic carbocycles. The summed E-state index contributed by atoms with van der Waals surface area (Å²) in [5, 5.41) is 14.2. The number of nitrogen functional groups attached to an aromatic ring is 1. The number of hydrogen-bond donors (Lipinski definition) is 2. The molecule has 0 radical (unpaired) electrons. The van der Waals surface area contributed by atoms with Gasteiger partial charge in [0.05, 0.1) is 11.8 Å². The quantitative estimate of drug-likeness (QED) is 0.495. The Morgan fingerprint density at radius 3 is 2.80 bits per heavy atom. The molecule has 0 fully saturated rings. The van der Waals surface area contributed by atoms with Crippen LogP contribution in [0.25, 0.3) is 11.4 Å². The number of halogens is 1. The van der Waals surface area contributed by atoms with Crippen LogP contribution < -0.4 is 11.2 Å². The lowest BCUT2D eigenvalue weighted by atomic mass is 10.2. The number of nitrogens with one attached hydrogen (secondary N) is 1. The lowest BCUT2D eigenvalue weighted by Crippen LogP contribution is -2.28. The molecule has 0 saturated carbocycles. The zero-order valence-electron chi connectivity index (χ0n) is 13.3. The number of thiophene rings is 1. The van der Waals surface area contributed by atoms with E-state index in [4.69, 9.17) is 17.4 Å². The van der Waals surface area contributed by atoms with E-state index < -0.39 is 0 Å². The largest absolute Gasteiger partial charge is 0.348 e.